The maximum atomic E-state index is 13.0. The van der Waals surface area contributed by atoms with Gasteiger partial charge in [-0.05, 0) is 57.4 Å². The van der Waals surface area contributed by atoms with Crippen molar-refractivity contribution in [1.82, 2.24) is 19.9 Å². The van der Waals surface area contributed by atoms with Gasteiger partial charge in [-0.2, -0.15) is 0 Å². The van der Waals surface area contributed by atoms with E-state index in [0.29, 0.717) is 36.6 Å². The molecule has 0 aliphatic carbocycles. The molecule has 0 atom stereocenters. The molecule has 8 heteroatoms. The van der Waals surface area contributed by atoms with Gasteiger partial charge in [-0.3, -0.25) is 14.4 Å². The van der Waals surface area contributed by atoms with Crippen molar-refractivity contribution >= 4 is 11.7 Å². The number of allylic oxidation sites excluding steroid dienone is 6. The molecule has 0 bridgehead atoms. The van der Waals surface area contributed by atoms with Gasteiger partial charge >= 0.3 is 0 Å². The molecular formula is C30H46FN5O2. The highest BCUT2D eigenvalue weighted by Gasteiger charge is 2.19. The van der Waals surface area contributed by atoms with E-state index < -0.39 is 0 Å². The highest BCUT2D eigenvalue weighted by atomic mass is 19.1. The average Bonchev–Trinajstić information content (AvgIpc) is 3.33. The molecule has 0 aliphatic heterocycles. The molecule has 1 amide bonds. The summed E-state index contributed by atoms with van der Waals surface area (Å²) in [4.78, 5) is 19.1. The number of hydrogen-bond donors (Lipinski definition) is 1. The predicted molar refractivity (Wildman–Crippen MR) is 157 cm³/mol. The molecule has 0 aromatic carbocycles. The van der Waals surface area contributed by atoms with Crippen molar-refractivity contribution in [2.24, 2.45) is 10.9 Å². The molecule has 0 aliphatic rings. The molecule has 210 valence electrons. The number of rotatable bonds is 13. The molecule has 0 unspecified atom stereocenters. The van der Waals surface area contributed by atoms with Crippen molar-refractivity contribution in [2.75, 3.05) is 7.11 Å². The SMILES string of the molecule is C#CC.CO.C\C=C/C(=C\C=C\F)N(C(=O)/C=C/C)C(CCCCC)=N/C=C/Cc1cn(CC(C)C)nn1. The van der Waals surface area contributed by atoms with Gasteiger partial charge < -0.3 is 5.11 Å². The van der Waals surface area contributed by atoms with Gasteiger partial charge in [0, 0.05) is 38.9 Å². The van der Waals surface area contributed by atoms with Crippen molar-refractivity contribution < 1.29 is 14.3 Å². The lowest BCUT2D eigenvalue weighted by molar-refractivity contribution is -0.121. The third-order valence-corrected chi connectivity index (χ3v) is 4.52. The first-order valence-corrected chi connectivity index (χ1v) is 12.9. The lowest BCUT2D eigenvalue weighted by Crippen LogP contribution is -2.34. The average molecular weight is 528 g/mol. The monoisotopic (exact) mass is 527 g/mol. The number of hydrogen-bond acceptors (Lipinski definition) is 5. The molecule has 0 radical (unpaired) electrons. The summed E-state index contributed by atoms with van der Waals surface area (Å²) >= 11 is 0. The van der Waals surface area contributed by atoms with Gasteiger partial charge in [0.25, 0.3) is 5.91 Å². The Morgan fingerprint density at radius 1 is 1.26 bits per heavy atom. The quantitative estimate of drug-likeness (QED) is 0.0786. The third kappa shape index (κ3) is 17.0. The zero-order valence-corrected chi connectivity index (χ0v) is 24.1. The first kappa shape index (κ1) is 36.6. The summed E-state index contributed by atoms with van der Waals surface area (Å²) in [5.74, 6) is 3.13. The molecule has 1 rings (SSSR count). The largest absolute Gasteiger partial charge is 0.400 e. The molecular weight excluding hydrogens is 481 g/mol. The van der Waals surface area contributed by atoms with Crippen LogP contribution in [0.1, 0.15) is 72.9 Å². The number of terminal acetylenes is 1. The molecule has 0 saturated carbocycles. The van der Waals surface area contributed by atoms with Crippen LogP contribution in [-0.2, 0) is 17.8 Å². The van der Waals surface area contributed by atoms with E-state index in [1.807, 2.05) is 30.0 Å². The van der Waals surface area contributed by atoms with E-state index in [4.69, 9.17) is 5.11 Å². The number of carbonyl (C=O) groups excluding carboxylic acids is 1. The fraction of sp³-hybridized carbons (Fsp3) is 0.467. The van der Waals surface area contributed by atoms with Gasteiger partial charge in [0.1, 0.15) is 5.84 Å². The van der Waals surface area contributed by atoms with Gasteiger partial charge in [0.2, 0.25) is 0 Å². The lowest BCUT2D eigenvalue weighted by atomic mass is 10.1. The number of aliphatic hydroxyl groups excluding tert-OH is 1. The van der Waals surface area contributed by atoms with Crippen molar-refractivity contribution in [3.05, 3.63) is 72.6 Å². The van der Waals surface area contributed by atoms with Crippen LogP contribution in [0.15, 0.2) is 71.9 Å². The fourth-order valence-corrected chi connectivity index (χ4v) is 3.11. The maximum absolute atomic E-state index is 13.0. The van der Waals surface area contributed by atoms with E-state index in [2.05, 4.69) is 48.4 Å². The number of aliphatic imine (C=N–C) groups is 1. The number of nitrogens with zero attached hydrogens (tertiary/aromatic N) is 5. The Morgan fingerprint density at radius 3 is 2.47 bits per heavy atom. The molecule has 38 heavy (non-hydrogen) atoms. The number of carbonyl (C=O) groups is 1. The Labute approximate surface area is 229 Å². The number of amidine groups is 1. The zero-order chi connectivity index (χ0) is 29.2. The smallest absolute Gasteiger partial charge is 0.256 e. The number of aromatic nitrogens is 3. The van der Waals surface area contributed by atoms with Gasteiger partial charge in [-0.25, -0.2) is 9.38 Å². The van der Waals surface area contributed by atoms with E-state index in [1.165, 1.54) is 12.2 Å². The van der Waals surface area contributed by atoms with Crippen LogP contribution in [0.4, 0.5) is 4.39 Å². The van der Waals surface area contributed by atoms with E-state index in [0.717, 1.165) is 38.6 Å². The van der Waals surface area contributed by atoms with Gasteiger partial charge in [0.15, 0.2) is 0 Å². The highest BCUT2D eigenvalue weighted by molar-refractivity contribution is 6.05. The highest BCUT2D eigenvalue weighted by Crippen LogP contribution is 2.15. The molecule has 1 aromatic heterocycles. The summed E-state index contributed by atoms with van der Waals surface area (Å²) in [7, 11) is 1.00. The van der Waals surface area contributed by atoms with E-state index in [9.17, 15) is 9.18 Å². The second-order valence-corrected chi connectivity index (χ2v) is 8.29. The molecule has 1 aromatic rings. The zero-order valence-electron chi connectivity index (χ0n) is 24.1. The minimum atomic E-state index is -0.227. The summed E-state index contributed by atoms with van der Waals surface area (Å²) in [6.45, 7) is 12.5. The predicted octanol–water partition coefficient (Wildman–Crippen LogP) is 6.57. The topological polar surface area (TPSA) is 83.6 Å². The third-order valence-electron chi connectivity index (χ3n) is 4.52. The number of halogens is 1. The number of unbranched alkanes of at least 4 members (excludes halogenated alkanes) is 2. The molecule has 0 saturated heterocycles. The van der Waals surface area contributed by atoms with E-state index in [1.54, 1.807) is 43.2 Å². The lowest BCUT2D eigenvalue weighted by Gasteiger charge is -2.24. The van der Waals surface area contributed by atoms with Crippen molar-refractivity contribution in [2.45, 2.75) is 80.2 Å². The fourth-order valence-electron chi connectivity index (χ4n) is 3.11. The summed E-state index contributed by atoms with van der Waals surface area (Å²) in [6.07, 6.45) is 24.4. The minimum absolute atomic E-state index is 0.227. The Kier molecular flexibility index (Phi) is 24.2. The van der Waals surface area contributed by atoms with Crippen LogP contribution in [-0.4, -0.2) is 43.9 Å². The minimum Gasteiger partial charge on any atom is -0.400 e. The molecule has 1 heterocycles. The van der Waals surface area contributed by atoms with Crippen LogP contribution < -0.4 is 0 Å². The van der Waals surface area contributed by atoms with Crippen molar-refractivity contribution in [1.29, 1.82) is 0 Å². The first-order valence-electron chi connectivity index (χ1n) is 12.9. The normalized spacial score (nSPS) is 12.1. The Hall–Kier alpha value is -3.57. The Bertz CT molecular complexity index is 979. The Morgan fingerprint density at radius 2 is 1.92 bits per heavy atom. The van der Waals surface area contributed by atoms with Crippen LogP contribution in [0.3, 0.4) is 0 Å². The molecule has 0 fully saturated rings. The van der Waals surface area contributed by atoms with Crippen LogP contribution >= 0.6 is 0 Å². The standard InChI is InChI=1S/C26H38FN5O.C3H4.CH4O/c1-6-9-10-17-25(28-19-12-15-23-21-31(30-29-23)20-22(4)5)32(26(33)14-8-3)24(13-7-2)16-11-18-27;1-3-2;1-2/h7-8,11-14,16,18-19,21-22H,6,9-10,15,17,20H2,1-5H3;1H,2H3;2H,1H3/b13-7-,14-8+,18-11+,19-12+,24-16+,28-25?;;. The molecule has 7 nitrogen and oxygen atoms in total. The molecule has 0 spiro atoms. The van der Waals surface area contributed by atoms with Crippen LogP contribution in [0.25, 0.3) is 0 Å². The van der Waals surface area contributed by atoms with Gasteiger partial charge in [-0.1, -0.05) is 57.1 Å². The summed E-state index contributed by atoms with van der Waals surface area (Å²) in [5, 5.41) is 15.3. The number of aliphatic hydroxyl groups is 1. The maximum Gasteiger partial charge on any atom is 0.256 e. The van der Waals surface area contributed by atoms with E-state index in [-0.39, 0.29) is 5.91 Å². The first-order chi connectivity index (χ1) is 18.4. The molecule has 1 N–H and O–H groups in total. The summed E-state index contributed by atoms with van der Waals surface area (Å²) in [5.41, 5.74) is 1.41. The van der Waals surface area contributed by atoms with Gasteiger partial charge in [-0.15, -0.1) is 17.4 Å². The van der Waals surface area contributed by atoms with Crippen molar-refractivity contribution in [3.8, 4) is 12.3 Å². The van der Waals surface area contributed by atoms with Crippen LogP contribution in [0.5, 0.6) is 0 Å². The Balaban J connectivity index is 0. The van der Waals surface area contributed by atoms with Gasteiger partial charge in [0.05, 0.1) is 17.7 Å². The van der Waals surface area contributed by atoms with Crippen molar-refractivity contribution in [3.63, 3.8) is 0 Å². The summed E-state index contributed by atoms with van der Waals surface area (Å²) < 4.78 is 14.6. The van der Waals surface area contributed by atoms with E-state index >= 15 is 0 Å². The second kappa shape index (κ2) is 25.1. The second-order valence-electron chi connectivity index (χ2n) is 8.29. The van der Waals surface area contributed by atoms with Crippen LogP contribution in [0, 0.1) is 18.3 Å². The number of amides is 1. The summed E-state index contributed by atoms with van der Waals surface area (Å²) in [6, 6.07) is 0. The van der Waals surface area contributed by atoms with Crippen LogP contribution in [0.2, 0.25) is 0 Å².